The molecule has 4 atom stereocenters. The summed E-state index contributed by atoms with van der Waals surface area (Å²) in [5.41, 5.74) is 6.46. The van der Waals surface area contributed by atoms with Crippen molar-refractivity contribution in [2.75, 3.05) is 5.73 Å². The van der Waals surface area contributed by atoms with Crippen molar-refractivity contribution in [3.63, 3.8) is 0 Å². The number of fused-ring (bicyclic) bond motifs is 1. The molecule has 7 nitrogen and oxygen atoms in total. The van der Waals surface area contributed by atoms with Crippen LogP contribution < -0.4 is 5.73 Å². The highest BCUT2D eigenvalue weighted by Gasteiger charge is 2.44. The van der Waals surface area contributed by atoms with Gasteiger partial charge in [0, 0.05) is 0 Å². The molecule has 2 aromatic rings. The number of imidazole rings is 1. The summed E-state index contributed by atoms with van der Waals surface area (Å²) >= 11 is 0. The highest BCUT2D eigenvalue weighted by atomic mass is 19.1. The highest BCUT2D eigenvalue weighted by Crippen LogP contribution is 2.34. The number of hydrogen-bond acceptors (Lipinski definition) is 6. The first-order valence-electron chi connectivity index (χ1n) is 6.04. The minimum Gasteiger partial charge on any atom is -0.387 e. The normalized spacial score (nSPS) is 31.1. The molecule has 3 rings (SSSR count). The lowest BCUT2D eigenvalue weighted by Crippen LogP contribution is -2.27. The second-order valence-corrected chi connectivity index (χ2v) is 4.49. The van der Waals surface area contributed by atoms with Crippen LogP contribution in [0.1, 0.15) is 19.6 Å². The van der Waals surface area contributed by atoms with E-state index in [4.69, 9.17) is 10.5 Å². The molecule has 0 saturated carbocycles. The number of aliphatic hydroxyl groups is 1. The van der Waals surface area contributed by atoms with Gasteiger partial charge in [0.2, 0.25) is 0 Å². The van der Waals surface area contributed by atoms with Crippen LogP contribution in [0.25, 0.3) is 11.2 Å². The molecule has 19 heavy (non-hydrogen) atoms. The molecular formula is C11H14FN5O2. The minimum absolute atomic E-state index is 0.227. The number of nitrogen functional groups attached to an aromatic ring is 1. The number of anilines is 1. The first-order chi connectivity index (χ1) is 9.13. The maximum Gasteiger partial charge on any atom is 0.173 e. The van der Waals surface area contributed by atoms with Gasteiger partial charge in [-0.1, -0.05) is 6.92 Å². The van der Waals surface area contributed by atoms with Crippen molar-refractivity contribution >= 4 is 17.0 Å². The zero-order valence-corrected chi connectivity index (χ0v) is 10.3. The number of rotatable bonds is 2. The third-order valence-corrected chi connectivity index (χ3v) is 3.36. The van der Waals surface area contributed by atoms with Crippen molar-refractivity contribution in [3.05, 3.63) is 12.7 Å². The van der Waals surface area contributed by atoms with E-state index in [1.54, 1.807) is 0 Å². The number of nitrogens with zero attached hydrogens (tertiary/aromatic N) is 4. The zero-order valence-electron chi connectivity index (χ0n) is 10.3. The van der Waals surface area contributed by atoms with E-state index in [9.17, 15) is 9.50 Å². The molecule has 1 aliphatic rings. The van der Waals surface area contributed by atoms with Gasteiger partial charge in [0.15, 0.2) is 23.9 Å². The molecule has 0 aliphatic carbocycles. The molecule has 1 aliphatic heterocycles. The number of ether oxygens (including phenoxy) is 1. The van der Waals surface area contributed by atoms with Crippen molar-refractivity contribution < 1.29 is 14.2 Å². The van der Waals surface area contributed by atoms with E-state index in [2.05, 4.69) is 15.0 Å². The predicted molar refractivity (Wildman–Crippen MR) is 64.8 cm³/mol. The molecule has 0 amide bonds. The van der Waals surface area contributed by atoms with Gasteiger partial charge in [0.1, 0.15) is 17.9 Å². The largest absolute Gasteiger partial charge is 0.387 e. The Hall–Kier alpha value is -1.80. The minimum atomic E-state index is -1.53. The van der Waals surface area contributed by atoms with E-state index in [0.29, 0.717) is 17.6 Å². The van der Waals surface area contributed by atoms with E-state index in [0.717, 1.165) is 0 Å². The Morgan fingerprint density at radius 1 is 1.47 bits per heavy atom. The summed E-state index contributed by atoms with van der Waals surface area (Å²) < 4.78 is 21.1. The van der Waals surface area contributed by atoms with Gasteiger partial charge >= 0.3 is 0 Å². The number of alkyl halides is 1. The Kier molecular flexibility index (Phi) is 2.83. The lowest BCUT2D eigenvalue weighted by atomic mass is 10.1. The predicted octanol–water partition coefficient (Wildman–Crippen LogP) is 0.415. The van der Waals surface area contributed by atoms with Crippen LogP contribution >= 0.6 is 0 Å². The van der Waals surface area contributed by atoms with E-state index in [1.165, 1.54) is 17.2 Å². The number of hydrogen-bond donors (Lipinski definition) is 2. The molecule has 0 radical (unpaired) electrons. The van der Waals surface area contributed by atoms with Gasteiger partial charge in [-0.2, -0.15) is 0 Å². The fraction of sp³-hybridized carbons (Fsp3) is 0.545. The quantitative estimate of drug-likeness (QED) is 0.817. The fourth-order valence-corrected chi connectivity index (χ4v) is 2.32. The van der Waals surface area contributed by atoms with Gasteiger partial charge < -0.3 is 15.6 Å². The van der Waals surface area contributed by atoms with Crippen LogP contribution in [0.2, 0.25) is 0 Å². The second kappa shape index (κ2) is 4.39. The molecule has 1 fully saturated rings. The van der Waals surface area contributed by atoms with Crippen LogP contribution in [0, 0.1) is 0 Å². The Labute approximate surface area is 108 Å². The Morgan fingerprint density at radius 3 is 2.95 bits per heavy atom. The average molecular weight is 267 g/mol. The van der Waals surface area contributed by atoms with Gasteiger partial charge in [0.05, 0.1) is 12.4 Å². The second-order valence-electron chi connectivity index (χ2n) is 4.49. The van der Waals surface area contributed by atoms with Crippen LogP contribution in [-0.2, 0) is 4.74 Å². The van der Waals surface area contributed by atoms with Crippen LogP contribution in [0.3, 0.4) is 0 Å². The van der Waals surface area contributed by atoms with Crippen molar-refractivity contribution in [3.8, 4) is 0 Å². The molecule has 8 heteroatoms. The Bertz CT molecular complexity index is 604. The topological polar surface area (TPSA) is 99.1 Å². The van der Waals surface area contributed by atoms with E-state index < -0.39 is 24.6 Å². The van der Waals surface area contributed by atoms with E-state index >= 15 is 0 Å². The summed E-state index contributed by atoms with van der Waals surface area (Å²) in [5.74, 6) is 0.227. The average Bonchev–Trinajstić information content (AvgIpc) is 2.94. The van der Waals surface area contributed by atoms with Crippen molar-refractivity contribution in [2.24, 2.45) is 0 Å². The number of aliphatic hydroxyl groups excluding tert-OH is 1. The van der Waals surface area contributed by atoms with E-state index in [-0.39, 0.29) is 5.82 Å². The van der Waals surface area contributed by atoms with Gasteiger partial charge in [-0.25, -0.2) is 19.3 Å². The molecule has 102 valence electrons. The first-order valence-corrected chi connectivity index (χ1v) is 6.04. The fourth-order valence-electron chi connectivity index (χ4n) is 2.32. The summed E-state index contributed by atoms with van der Waals surface area (Å²) in [6, 6.07) is 0. The summed E-state index contributed by atoms with van der Waals surface area (Å²) in [6.07, 6.45) is -0.938. The lowest BCUT2D eigenvalue weighted by molar-refractivity contribution is -0.0238. The van der Waals surface area contributed by atoms with Gasteiger partial charge in [0.25, 0.3) is 0 Å². The molecule has 2 aromatic heterocycles. The van der Waals surface area contributed by atoms with Crippen LogP contribution in [0.15, 0.2) is 12.7 Å². The molecule has 0 spiro atoms. The number of nitrogens with two attached hydrogens (primary N) is 1. The van der Waals surface area contributed by atoms with Crippen LogP contribution in [0.5, 0.6) is 0 Å². The monoisotopic (exact) mass is 267 g/mol. The van der Waals surface area contributed by atoms with Crippen LogP contribution in [-0.4, -0.2) is 43.0 Å². The summed E-state index contributed by atoms with van der Waals surface area (Å²) in [4.78, 5) is 11.9. The Balaban J connectivity index is 2.04. The molecular weight excluding hydrogens is 253 g/mol. The molecule has 0 aromatic carbocycles. The zero-order chi connectivity index (χ0) is 13.6. The summed E-state index contributed by atoms with van der Waals surface area (Å²) in [6.45, 7) is 1.83. The molecule has 0 bridgehead atoms. The Morgan fingerprint density at radius 2 is 2.26 bits per heavy atom. The third kappa shape index (κ3) is 1.75. The highest BCUT2D eigenvalue weighted by molar-refractivity contribution is 5.81. The summed E-state index contributed by atoms with van der Waals surface area (Å²) in [7, 11) is 0. The third-order valence-electron chi connectivity index (χ3n) is 3.36. The maximum absolute atomic E-state index is 14.1. The number of halogens is 1. The standard InChI is InChI=1S/C11H14FN5O2/c1-2-5-8(18)6(12)11(19-5)17-4-16-7-9(13)14-3-15-10(7)17/h3-6,8,11,18H,2H2,1H3,(H2,13,14,15)/t5-,6-,8-,11-/m1/s1. The maximum atomic E-state index is 14.1. The molecule has 1 saturated heterocycles. The lowest BCUT2D eigenvalue weighted by Gasteiger charge is -2.14. The molecule has 0 unspecified atom stereocenters. The summed E-state index contributed by atoms with van der Waals surface area (Å²) in [5, 5.41) is 9.76. The van der Waals surface area contributed by atoms with Crippen LogP contribution in [0.4, 0.5) is 10.2 Å². The van der Waals surface area contributed by atoms with Crippen molar-refractivity contribution in [1.29, 1.82) is 0 Å². The first kappa shape index (κ1) is 12.2. The van der Waals surface area contributed by atoms with Gasteiger partial charge in [-0.05, 0) is 6.42 Å². The van der Waals surface area contributed by atoms with Crippen molar-refractivity contribution in [2.45, 2.75) is 38.0 Å². The van der Waals surface area contributed by atoms with Gasteiger partial charge in [-0.15, -0.1) is 0 Å². The molecule has 3 heterocycles. The van der Waals surface area contributed by atoms with E-state index in [1.807, 2.05) is 6.92 Å². The smallest absolute Gasteiger partial charge is 0.173 e. The van der Waals surface area contributed by atoms with Gasteiger partial charge in [-0.3, -0.25) is 4.57 Å². The number of aromatic nitrogens is 4. The SMILES string of the molecule is CC[C@H]1O[C@@H](n2cnc3c(N)ncnc32)[C@H](F)[C@@H]1O. The molecule has 3 N–H and O–H groups in total. The van der Waals surface area contributed by atoms with Crippen molar-refractivity contribution in [1.82, 2.24) is 19.5 Å².